The summed E-state index contributed by atoms with van der Waals surface area (Å²) in [6, 6.07) is 13.9. The fourth-order valence-corrected chi connectivity index (χ4v) is 3.44. The van der Waals surface area contributed by atoms with E-state index in [0.29, 0.717) is 18.3 Å². The highest BCUT2D eigenvalue weighted by Gasteiger charge is 2.31. The van der Waals surface area contributed by atoms with E-state index in [9.17, 15) is 13.2 Å². The number of hydrogen-bond donors (Lipinski definition) is 0. The van der Waals surface area contributed by atoms with Gasteiger partial charge in [0.05, 0.1) is 5.92 Å². The third kappa shape index (κ3) is 4.95. The van der Waals surface area contributed by atoms with E-state index in [1.165, 1.54) is 12.1 Å². The highest BCUT2D eigenvalue weighted by molar-refractivity contribution is 5.52. The van der Waals surface area contributed by atoms with E-state index in [2.05, 4.69) is 19.8 Å². The summed E-state index contributed by atoms with van der Waals surface area (Å²) >= 11 is 0. The van der Waals surface area contributed by atoms with Crippen molar-refractivity contribution in [2.75, 3.05) is 13.1 Å². The van der Waals surface area contributed by atoms with Gasteiger partial charge in [-0.3, -0.25) is 4.90 Å². The maximum atomic E-state index is 12.3. The van der Waals surface area contributed by atoms with Gasteiger partial charge in [-0.1, -0.05) is 29.8 Å². The summed E-state index contributed by atoms with van der Waals surface area (Å²) in [7, 11) is 0. The smallest absolute Gasteiger partial charge is 0.420 e. The number of ether oxygens (including phenoxy) is 1. The fourth-order valence-electron chi connectivity index (χ4n) is 3.44. The standard InChI is InChI=1S/C21H20F3N3O2/c1-14-2-6-16(7-3-14)19-25-26-20(28-19)17-10-11-27(13-17)12-15-4-8-18(9-5-15)29-21(22,23)24/h2-9,17H,10-13H2,1H3/t17-/m0/s1. The van der Waals surface area contributed by atoms with Crippen LogP contribution in [0.15, 0.2) is 52.9 Å². The van der Waals surface area contributed by atoms with E-state index in [-0.39, 0.29) is 11.7 Å². The number of aryl methyl sites for hydroxylation is 1. The minimum Gasteiger partial charge on any atom is -0.420 e. The van der Waals surface area contributed by atoms with Crippen molar-refractivity contribution in [2.45, 2.75) is 32.2 Å². The molecule has 1 fully saturated rings. The Morgan fingerprint density at radius 3 is 2.48 bits per heavy atom. The number of halogens is 3. The molecule has 3 aromatic rings. The Hall–Kier alpha value is -2.87. The molecule has 2 aromatic carbocycles. The van der Waals surface area contributed by atoms with Crippen molar-refractivity contribution in [3.63, 3.8) is 0 Å². The number of likely N-dealkylation sites (tertiary alicyclic amines) is 1. The lowest BCUT2D eigenvalue weighted by atomic mass is 10.1. The van der Waals surface area contributed by atoms with Crippen LogP contribution in [0.3, 0.4) is 0 Å². The van der Waals surface area contributed by atoms with Crippen molar-refractivity contribution in [3.8, 4) is 17.2 Å². The average molecular weight is 403 g/mol. The van der Waals surface area contributed by atoms with E-state index in [4.69, 9.17) is 4.42 Å². The third-order valence-electron chi connectivity index (χ3n) is 4.92. The Morgan fingerprint density at radius 2 is 1.79 bits per heavy atom. The molecule has 1 aromatic heterocycles. The fraction of sp³-hybridized carbons (Fsp3) is 0.333. The second-order valence-corrected chi connectivity index (χ2v) is 7.22. The van der Waals surface area contributed by atoms with Gasteiger partial charge in [-0.15, -0.1) is 23.4 Å². The Balaban J connectivity index is 1.35. The molecule has 1 aliphatic heterocycles. The van der Waals surface area contributed by atoms with Gasteiger partial charge in [0.1, 0.15) is 5.75 Å². The molecular formula is C21H20F3N3O2. The molecule has 0 unspecified atom stereocenters. The molecule has 2 heterocycles. The Labute approximate surface area is 166 Å². The third-order valence-corrected chi connectivity index (χ3v) is 4.92. The van der Waals surface area contributed by atoms with Crippen LogP contribution in [0.5, 0.6) is 5.75 Å². The first-order chi connectivity index (χ1) is 13.9. The molecule has 5 nitrogen and oxygen atoms in total. The van der Waals surface area contributed by atoms with Crippen LogP contribution in [-0.2, 0) is 6.54 Å². The molecule has 0 N–H and O–H groups in total. The quantitative estimate of drug-likeness (QED) is 0.604. The van der Waals surface area contributed by atoms with Gasteiger partial charge in [-0.25, -0.2) is 0 Å². The van der Waals surface area contributed by atoms with Crippen LogP contribution in [0.1, 0.15) is 29.4 Å². The van der Waals surface area contributed by atoms with Crippen LogP contribution in [0.2, 0.25) is 0 Å². The molecule has 0 bridgehead atoms. The van der Waals surface area contributed by atoms with Gasteiger partial charge in [0.2, 0.25) is 11.8 Å². The maximum absolute atomic E-state index is 12.3. The molecule has 4 rings (SSSR count). The second-order valence-electron chi connectivity index (χ2n) is 7.22. The SMILES string of the molecule is Cc1ccc(-c2nnc([C@H]3CCN(Cc4ccc(OC(F)(F)F)cc4)C3)o2)cc1. The molecule has 152 valence electrons. The van der Waals surface area contributed by atoms with Gasteiger partial charge in [0.25, 0.3) is 0 Å². The molecule has 1 aliphatic rings. The molecule has 29 heavy (non-hydrogen) atoms. The number of hydrogen-bond acceptors (Lipinski definition) is 5. The van der Waals surface area contributed by atoms with Gasteiger partial charge in [0, 0.05) is 18.7 Å². The molecule has 0 saturated carbocycles. The summed E-state index contributed by atoms with van der Waals surface area (Å²) in [6.45, 7) is 4.28. The molecule has 1 atom stereocenters. The Kier molecular flexibility index (Phi) is 5.27. The normalized spacial score (nSPS) is 17.6. The second kappa shape index (κ2) is 7.87. The largest absolute Gasteiger partial charge is 0.573 e. The van der Waals surface area contributed by atoms with Gasteiger partial charge < -0.3 is 9.15 Å². The van der Waals surface area contributed by atoms with Crippen molar-refractivity contribution in [1.29, 1.82) is 0 Å². The molecule has 0 spiro atoms. The molecule has 0 radical (unpaired) electrons. The highest BCUT2D eigenvalue weighted by Crippen LogP contribution is 2.30. The lowest BCUT2D eigenvalue weighted by Gasteiger charge is -2.16. The van der Waals surface area contributed by atoms with E-state index >= 15 is 0 Å². The highest BCUT2D eigenvalue weighted by atomic mass is 19.4. The van der Waals surface area contributed by atoms with Crippen molar-refractivity contribution in [2.24, 2.45) is 0 Å². The maximum Gasteiger partial charge on any atom is 0.573 e. The molecule has 0 amide bonds. The lowest BCUT2D eigenvalue weighted by molar-refractivity contribution is -0.274. The van der Waals surface area contributed by atoms with Gasteiger partial charge >= 0.3 is 6.36 Å². The predicted octanol–water partition coefficient (Wildman–Crippen LogP) is 4.93. The van der Waals surface area contributed by atoms with E-state index in [0.717, 1.165) is 36.2 Å². The van der Waals surface area contributed by atoms with Crippen molar-refractivity contribution < 1.29 is 22.3 Å². The van der Waals surface area contributed by atoms with Gasteiger partial charge in [0.15, 0.2) is 0 Å². The van der Waals surface area contributed by atoms with Gasteiger partial charge in [-0.2, -0.15) is 0 Å². The summed E-state index contributed by atoms with van der Waals surface area (Å²) < 4.78 is 46.5. The Bertz CT molecular complexity index is 953. The number of benzene rings is 2. The van der Waals surface area contributed by atoms with E-state index in [1.54, 1.807) is 12.1 Å². The van der Waals surface area contributed by atoms with Crippen molar-refractivity contribution >= 4 is 0 Å². The zero-order chi connectivity index (χ0) is 20.4. The number of rotatable bonds is 5. The van der Waals surface area contributed by atoms with Crippen LogP contribution in [0.4, 0.5) is 13.2 Å². The van der Waals surface area contributed by atoms with Gasteiger partial charge in [-0.05, 0) is 49.7 Å². The first kappa shape index (κ1) is 19.4. The number of nitrogens with zero attached hydrogens (tertiary/aromatic N) is 3. The molecule has 0 aliphatic carbocycles. The zero-order valence-corrected chi connectivity index (χ0v) is 15.8. The van der Waals surface area contributed by atoms with Crippen LogP contribution in [0, 0.1) is 6.92 Å². The summed E-state index contributed by atoms with van der Waals surface area (Å²) in [6.07, 6.45) is -3.78. The molecule has 1 saturated heterocycles. The Morgan fingerprint density at radius 1 is 1.07 bits per heavy atom. The van der Waals surface area contributed by atoms with Crippen molar-refractivity contribution in [3.05, 3.63) is 65.5 Å². The number of alkyl halides is 3. The monoisotopic (exact) mass is 403 g/mol. The van der Waals surface area contributed by atoms with Crippen LogP contribution in [0.25, 0.3) is 11.5 Å². The van der Waals surface area contributed by atoms with Crippen LogP contribution in [-0.4, -0.2) is 34.5 Å². The molecule has 8 heteroatoms. The van der Waals surface area contributed by atoms with Crippen LogP contribution < -0.4 is 4.74 Å². The van der Waals surface area contributed by atoms with Crippen molar-refractivity contribution in [1.82, 2.24) is 15.1 Å². The number of aromatic nitrogens is 2. The van der Waals surface area contributed by atoms with E-state index in [1.807, 2.05) is 31.2 Å². The summed E-state index contributed by atoms with van der Waals surface area (Å²) in [5.74, 6) is 1.07. The summed E-state index contributed by atoms with van der Waals surface area (Å²) in [5.41, 5.74) is 2.98. The van der Waals surface area contributed by atoms with Crippen LogP contribution >= 0.6 is 0 Å². The first-order valence-corrected chi connectivity index (χ1v) is 9.33. The first-order valence-electron chi connectivity index (χ1n) is 9.33. The summed E-state index contributed by atoms with van der Waals surface area (Å²) in [5, 5.41) is 8.39. The van der Waals surface area contributed by atoms with E-state index < -0.39 is 6.36 Å². The topological polar surface area (TPSA) is 51.4 Å². The molecular weight excluding hydrogens is 383 g/mol. The zero-order valence-electron chi connectivity index (χ0n) is 15.8. The minimum absolute atomic E-state index is 0.148. The summed E-state index contributed by atoms with van der Waals surface area (Å²) in [4.78, 5) is 2.22. The minimum atomic E-state index is -4.68. The predicted molar refractivity (Wildman–Crippen MR) is 100 cm³/mol. The average Bonchev–Trinajstić information content (AvgIpc) is 3.32. The lowest BCUT2D eigenvalue weighted by Crippen LogP contribution is -2.20.